The molecule has 3 heterocycles. The van der Waals surface area contributed by atoms with Crippen molar-refractivity contribution in [3.05, 3.63) is 18.5 Å². The van der Waals surface area contributed by atoms with Gasteiger partial charge in [0.25, 0.3) is 5.91 Å². The Kier molecular flexibility index (Phi) is 3.16. The van der Waals surface area contributed by atoms with E-state index in [2.05, 4.69) is 21.1 Å². The van der Waals surface area contributed by atoms with Gasteiger partial charge in [-0.25, -0.2) is 4.98 Å². The molecule has 20 heavy (non-hydrogen) atoms. The van der Waals surface area contributed by atoms with Crippen molar-refractivity contribution in [2.45, 2.75) is 19.8 Å². The van der Waals surface area contributed by atoms with Gasteiger partial charge in [0.15, 0.2) is 0 Å². The Labute approximate surface area is 119 Å². The molecule has 0 bridgehead atoms. The number of fused-ring (bicyclic) bond motifs is 1. The molecule has 100 valence electrons. The third-order valence-electron chi connectivity index (χ3n) is 3.17. The summed E-state index contributed by atoms with van der Waals surface area (Å²) in [7, 11) is 0. The number of anilines is 1. The molecule has 0 N–H and O–H groups in total. The minimum atomic E-state index is -0.306. The van der Waals surface area contributed by atoms with E-state index in [1.54, 1.807) is 18.5 Å². The van der Waals surface area contributed by atoms with Crippen molar-refractivity contribution in [1.29, 1.82) is 5.26 Å². The molecule has 1 unspecified atom stereocenters. The second kappa shape index (κ2) is 4.98. The molecule has 2 aromatic heterocycles. The van der Waals surface area contributed by atoms with Crippen LogP contribution in [0, 0.1) is 17.2 Å². The molecule has 3 rings (SSSR count). The highest BCUT2D eigenvalue weighted by Gasteiger charge is 2.35. The van der Waals surface area contributed by atoms with Crippen molar-refractivity contribution in [2.24, 2.45) is 11.0 Å². The fourth-order valence-electron chi connectivity index (χ4n) is 2.14. The van der Waals surface area contributed by atoms with E-state index in [-0.39, 0.29) is 11.8 Å². The molecule has 0 saturated heterocycles. The van der Waals surface area contributed by atoms with Gasteiger partial charge in [0.05, 0.1) is 22.2 Å². The van der Waals surface area contributed by atoms with Gasteiger partial charge in [0.2, 0.25) is 5.13 Å². The van der Waals surface area contributed by atoms with Gasteiger partial charge in [-0.15, -0.1) is 0 Å². The molecule has 1 aliphatic rings. The van der Waals surface area contributed by atoms with E-state index in [1.165, 1.54) is 16.3 Å². The average Bonchev–Trinajstić information content (AvgIpc) is 2.98. The summed E-state index contributed by atoms with van der Waals surface area (Å²) in [6, 6.07) is 3.87. The first kappa shape index (κ1) is 12.7. The number of nitriles is 1. The minimum absolute atomic E-state index is 0.107. The van der Waals surface area contributed by atoms with E-state index < -0.39 is 0 Å². The van der Waals surface area contributed by atoms with Crippen molar-refractivity contribution in [3.63, 3.8) is 0 Å². The van der Waals surface area contributed by atoms with Crippen LogP contribution in [0.2, 0.25) is 0 Å². The maximum atomic E-state index is 12.4. The molecular formula is C13H11N5OS. The zero-order valence-corrected chi connectivity index (χ0v) is 11.6. The van der Waals surface area contributed by atoms with Gasteiger partial charge in [-0.05, 0) is 19.4 Å². The molecule has 2 aromatic rings. The number of amides is 1. The van der Waals surface area contributed by atoms with Gasteiger partial charge < -0.3 is 0 Å². The monoisotopic (exact) mass is 285 g/mol. The number of hydrogen-bond acceptors (Lipinski definition) is 6. The Hall–Kier alpha value is -2.33. The number of thiazole rings is 1. The van der Waals surface area contributed by atoms with E-state index >= 15 is 0 Å². The second-order valence-corrected chi connectivity index (χ2v) is 5.49. The van der Waals surface area contributed by atoms with Crippen LogP contribution in [0.5, 0.6) is 0 Å². The fraction of sp³-hybridized carbons (Fsp3) is 0.308. The highest BCUT2D eigenvalue weighted by Crippen LogP contribution is 2.32. The Morgan fingerprint density at radius 1 is 1.55 bits per heavy atom. The largest absolute Gasteiger partial charge is 0.272 e. The van der Waals surface area contributed by atoms with Gasteiger partial charge in [-0.3, -0.25) is 9.78 Å². The van der Waals surface area contributed by atoms with Crippen LogP contribution < -0.4 is 5.01 Å². The van der Waals surface area contributed by atoms with Crippen LogP contribution in [0.15, 0.2) is 23.6 Å². The van der Waals surface area contributed by atoms with Crippen molar-refractivity contribution in [3.8, 4) is 6.07 Å². The third kappa shape index (κ3) is 2.04. The predicted molar refractivity (Wildman–Crippen MR) is 76.3 cm³/mol. The summed E-state index contributed by atoms with van der Waals surface area (Å²) in [5.74, 6) is -0.412. The van der Waals surface area contributed by atoms with E-state index in [0.29, 0.717) is 18.0 Å². The molecule has 1 atom stereocenters. The molecule has 0 fully saturated rings. The van der Waals surface area contributed by atoms with Crippen molar-refractivity contribution in [1.82, 2.24) is 9.97 Å². The van der Waals surface area contributed by atoms with Gasteiger partial charge in [-0.1, -0.05) is 11.3 Å². The van der Waals surface area contributed by atoms with Crippen LogP contribution in [0.4, 0.5) is 5.13 Å². The number of carbonyl (C=O) groups excluding carboxylic acids is 1. The summed E-state index contributed by atoms with van der Waals surface area (Å²) in [5.41, 5.74) is 1.55. The van der Waals surface area contributed by atoms with Crippen molar-refractivity contribution >= 4 is 38.3 Å². The Morgan fingerprint density at radius 2 is 2.40 bits per heavy atom. The first-order valence-corrected chi connectivity index (χ1v) is 6.99. The molecule has 0 aromatic carbocycles. The maximum Gasteiger partial charge on any atom is 0.258 e. The van der Waals surface area contributed by atoms with E-state index in [9.17, 15) is 4.79 Å². The van der Waals surface area contributed by atoms with Crippen molar-refractivity contribution in [2.75, 3.05) is 5.01 Å². The standard InChI is InChI=1S/C13H11N5OS/c1-8-9(3-2-5-14)12(19)18(17-8)13-16-10-4-6-15-7-11(10)20-13/h4,6-7,9H,2-3H2,1H3. The summed E-state index contributed by atoms with van der Waals surface area (Å²) in [6.45, 7) is 1.81. The molecule has 0 spiro atoms. The summed E-state index contributed by atoms with van der Waals surface area (Å²) >= 11 is 1.39. The summed E-state index contributed by atoms with van der Waals surface area (Å²) < 4.78 is 0.920. The predicted octanol–water partition coefficient (Wildman–Crippen LogP) is 2.33. The lowest BCUT2D eigenvalue weighted by molar-refractivity contribution is -0.119. The number of rotatable bonds is 3. The zero-order valence-electron chi connectivity index (χ0n) is 10.8. The van der Waals surface area contributed by atoms with Crippen LogP contribution in [0.3, 0.4) is 0 Å². The minimum Gasteiger partial charge on any atom is -0.272 e. The lowest BCUT2D eigenvalue weighted by atomic mass is 9.99. The molecule has 1 amide bonds. The number of aromatic nitrogens is 2. The number of carbonyl (C=O) groups is 1. The Bertz CT molecular complexity index is 712. The van der Waals surface area contributed by atoms with E-state index in [4.69, 9.17) is 5.26 Å². The number of pyridine rings is 1. The normalized spacial score (nSPS) is 18.4. The highest BCUT2D eigenvalue weighted by molar-refractivity contribution is 7.22. The fourth-order valence-corrected chi connectivity index (χ4v) is 3.03. The summed E-state index contributed by atoms with van der Waals surface area (Å²) in [4.78, 5) is 20.8. The number of nitrogens with zero attached hydrogens (tertiary/aromatic N) is 5. The van der Waals surface area contributed by atoms with Gasteiger partial charge in [0.1, 0.15) is 0 Å². The average molecular weight is 285 g/mol. The molecule has 0 saturated carbocycles. The van der Waals surface area contributed by atoms with E-state index in [1.807, 2.05) is 6.92 Å². The summed E-state index contributed by atoms with van der Waals surface area (Å²) in [6.07, 6.45) is 4.25. The SMILES string of the molecule is CC1=NN(c2nc3ccncc3s2)C(=O)C1CCC#N. The number of hydrazone groups is 1. The van der Waals surface area contributed by atoms with Crippen LogP contribution in [-0.2, 0) is 4.79 Å². The lowest BCUT2D eigenvalue weighted by Gasteiger charge is -2.09. The first-order chi connectivity index (χ1) is 9.70. The van der Waals surface area contributed by atoms with Gasteiger partial charge in [0, 0.05) is 24.5 Å². The summed E-state index contributed by atoms with van der Waals surface area (Å²) in [5, 5.41) is 14.8. The Morgan fingerprint density at radius 3 is 3.15 bits per heavy atom. The van der Waals surface area contributed by atoms with Crippen LogP contribution in [0.25, 0.3) is 10.2 Å². The zero-order chi connectivity index (χ0) is 14.1. The topological polar surface area (TPSA) is 82.2 Å². The van der Waals surface area contributed by atoms with E-state index in [0.717, 1.165) is 15.9 Å². The molecular weight excluding hydrogens is 274 g/mol. The Balaban J connectivity index is 1.91. The lowest BCUT2D eigenvalue weighted by Crippen LogP contribution is -2.26. The molecule has 0 radical (unpaired) electrons. The maximum absolute atomic E-state index is 12.4. The van der Waals surface area contributed by atoms with Crippen LogP contribution in [-0.4, -0.2) is 21.6 Å². The number of hydrogen-bond donors (Lipinski definition) is 0. The van der Waals surface area contributed by atoms with Crippen molar-refractivity contribution < 1.29 is 4.79 Å². The second-order valence-electron chi connectivity index (χ2n) is 4.48. The van der Waals surface area contributed by atoms with Crippen LogP contribution in [0.1, 0.15) is 19.8 Å². The van der Waals surface area contributed by atoms with Gasteiger partial charge in [-0.2, -0.15) is 15.4 Å². The molecule has 1 aliphatic heterocycles. The highest BCUT2D eigenvalue weighted by atomic mass is 32.1. The first-order valence-electron chi connectivity index (χ1n) is 6.17. The molecule has 6 nitrogen and oxygen atoms in total. The molecule has 7 heteroatoms. The third-order valence-corrected chi connectivity index (χ3v) is 4.16. The smallest absolute Gasteiger partial charge is 0.258 e. The van der Waals surface area contributed by atoms with Gasteiger partial charge >= 0.3 is 0 Å². The van der Waals surface area contributed by atoms with Crippen LogP contribution >= 0.6 is 11.3 Å². The quantitative estimate of drug-likeness (QED) is 0.866. The molecule has 0 aliphatic carbocycles.